The van der Waals surface area contributed by atoms with E-state index in [2.05, 4.69) is 0 Å². The first-order valence-corrected chi connectivity index (χ1v) is 9.10. The largest absolute Gasteiger partial charge is 0.395 e. The SMILES string of the molecule is O=S1(=O)CCC(S(=O)(=O)N(CCO)CC(F)F)CC1. The number of sulfone groups is 1. The lowest BCUT2D eigenvalue weighted by molar-refractivity contribution is 0.112. The minimum Gasteiger partial charge on any atom is -0.395 e. The Morgan fingerprint density at radius 3 is 2.21 bits per heavy atom. The van der Waals surface area contributed by atoms with Crippen molar-refractivity contribution in [1.82, 2.24) is 4.31 Å². The Kier molecular flexibility index (Phi) is 5.65. The summed E-state index contributed by atoms with van der Waals surface area (Å²) in [7, 11) is -7.22. The van der Waals surface area contributed by atoms with Gasteiger partial charge in [-0.1, -0.05) is 0 Å². The normalized spacial score (nSPS) is 21.1. The van der Waals surface area contributed by atoms with E-state index in [0.29, 0.717) is 4.31 Å². The molecule has 1 N–H and O–H groups in total. The molecule has 6 nitrogen and oxygen atoms in total. The second kappa shape index (κ2) is 6.42. The molecule has 0 aromatic heterocycles. The Morgan fingerprint density at radius 1 is 1.26 bits per heavy atom. The molecule has 1 rings (SSSR count). The molecule has 1 aliphatic rings. The number of rotatable bonds is 6. The van der Waals surface area contributed by atoms with Crippen LogP contribution in [0.4, 0.5) is 8.78 Å². The first-order chi connectivity index (χ1) is 8.69. The molecule has 0 spiro atoms. The van der Waals surface area contributed by atoms with Gasteiger partial charge in [-0.2, -0.15) is 4.31 Å². The van der Waals surface area contributed by atoms with E-state index in [4.69, 9.17) is 5.11 Å². The molecule has 0 aromatic rings. The van der Waals surface area contributed by atoms with Crippen LogP contribution in [0.2, 0.25) is 0 Å². The molecule has 1 heterocycles. The average Bonchev–Trinajstić information content (AvgIpc) is 2.27. The molecule has 1 aliphatic heterocycles. The van der Waals surface area contributed by atoms with Crippen LogP contribution in [0.3, 0.4) is 0 Å². The number of halogens is 2. The van der Waals surface area contributed by atoms with E-state index in [9.17, 15) is 25.6 Å². The maximum Gasteiger partial charge on any atom is 0.252 e. The van der Waals surface area contributed by atoms with Crippen molar-refractivity contribution in [2.45, 2.75) is 24.5 Å². The van der Waals surface area contributed by atoms with Crippen LogP contribution in [-0.2, 0) is 19.9 Å². The minimum atomic E-state index is -4.00. The maximum absolute atomic E-state index is 12.3. The molecule has 19 heavy (non-hydrogen) atoms. The highest BCUT2D eigenvalue weighted by molar-refractivity contribution is 7.92. The molecule has 0 radical (unpaired) electrons. The summed E-state index contributed by atoms with van der Waals surface area (Å²) in [4.78, 5) is 0. The Labute approximate surface area is 111 Å². The fourth-order valence-corrected chi connectivity index (χ4v) is 5.66. The first-order valence-electron chi connectivity index (χ1n) is 5.77. The van der Waals surface area contributed by atoms with Crippen molar-refractivity contribution < 1.29 is 30.7 Å². The first kappa shape index (κ1) is 16.7. The third kappa shape index (κ3) is 4.62. The van der Waals surface area contributed by atoms with E-state index in [-0.39, 0.29) is 24.3 Å². The monoisotopic (exact) mass is 321 g/mol. The molecule has 0 unspecified atom stereocenters. The minimum absolute atomic E-state index is 0.0875. The van der Waals surface area contributed by atoms with E-state index in [1.165, 1.54) is 0 Å². The van der Waals surface area contributed by atoms with Crippen LogP contribution in [0.1, 0.15) is 12.8 Å². The number of hydrogen-bond donors (Lipinski definition) is 1. The van der Waals surface area contributed by atoms with E-state index in [1.807, 2.05) is 0 Å². The number of alkyl halides is 2. The lowest BCUT2D eigenvalue weighted by Gasteiger charge is -2.28. The summed E-state index contributed by atoms with van der Waals surface area (Å²) in [5.41, 5.74) is 0. The number of aliphatic hydroxyl groups excluding tert-OH is 1. The second-order valence-electron chi connectivity index (χ2n) is 4.37. The topological polar surface area (TPSA) is 91.8 Å². The Bertz CT molecular complexity index is 477. The second-order valence-corrected chi connectivity index (χ2v) is 8.89. The zero-order valence-corrected chi connectivity index (χ0v) is 11.8. The molecule has 1 fully saturated rings. The van der Waals surface area contributed by atoms with E-state index < -0.39 is 51.2 Å². The summed E-state index contributed by atoms with van der Waals surface area (Å²) in [6.45, 7) is -1.95. The van der Waals surface area contributed by atoms with Crippen LogP contribution >= 0.6 is 0 Å². The van der Waals surface area contributed by atoms with Crippen LogP contribution in [-0.4, -0.2) is 69.1 Å². The number of hydrogen-bond acceptors (Lipinski definition) is 5. The molecule has 10 heteroatoms. The average molecular weight is 321 g/mol. The fourth-order valence-electron chi connectivity index (χ4n) is 1.96. The standard InChI is InChI=1S/C9H17F2NO5S2/c10-9(11)7-12(3-4-13)19(16,17)8-1-5-18(14,15)6-2-8/h8-9,13H,1-7H2. The van der Waals surface area contributed by atoms with Gasteiger partial charge < -0.3 is 5.11 Å². The van der Waals surface area contributed by atoms with Gasteiger partial charge >= 0.3 is 0 Å². The molecule has 0 saturated carbocycles. The van der Waals surface area contributed by atoms with Gasteiger partial charge in [0, 0.05) is 6.54 Å². The number of nitrogens with zero attached hydrogens (tertiary/aromatic N) is 1. The van der Waals surface area contributed by atoms with Gasteiger partial charge in [0.15, 0.2) is 0 Å². The van der Waals surface area contributed by atoms with Crippen molar-refractivity contribution in [3.8, 4) is 0 Å². The summed E-state index contributed by atoms with van der Waals surface area (Å²) in [5, 5.41) is 7.78. The lowest BCUT2D eigenvalue weighted by atomic mass is 10.2. The van der Waals surface area contributed by atoms with Crippen molar-refractivity contribution in [3.05, 3.63) is 0 Å². The Hall–Kier alpha value is -0.320. The van der Waals surface area contributed by atoms with Crippen molar-refractivity contribution in [2.24, 2.45) is 0 Å². The summed E-state index contributed by atoms with van der Waals surface area (Å²) < 4.78 is 71.9. The molecule has 1 saturated heterocycles. The quantitative estimate of drug-likeness (QED) is 0.709. The summed E-state index contributed by atoms with van der Waals surface area (Å²) in [5.74, 6) is -0.503. The predicted octanol–water partition coefficient (Wildman–Crippen LogP) is -0.547. The van der Waals surface area contributed by atoms with Gasteiger partial charge in [0.2, 0.25) is 10.0 Å². The van der Waals surface area contributed by atoms with Crippen molar-refractivity contribution in [1.29, 1.82) is 0 Å². The van der Waals surface area contributed by atoms with Gasteiger partial charge in [-0.15, -0.1) is 0 Å². The number of sulfonamides is 1. The van der Waals surface area contributed by atoms with E-state index in [1.54, 1.807) is 0 Å². The maximum atomic E-state index is 12.3. The van der Waals surface area contributed by atoms with Gasteiger partial charge in [-0.05, 0) is 12.8 Å². The van der Waals surface area contributed by atoms with Crippen molar-refractivity contribution >= 4 is 19.9 Å². The van der Waals surface area contributed by atoms with Gasteiger partial charge in [-0.25, -0.2) is 25.6 Å². The van der Waals surface area contributed by atoms with Crippen LogP contribution < -0.4 is 0 Å². The summed E-state index contributed by atoms with van der Waals surface area (Å²) >= 11 is 0. The summed E-state index contributed by atoms with van der Waals surface area (Å²) in [6.07, 6.45) is -3.01. The third-order valence-electron chi connectivity index (χ3n) is 2.97. The van der Waals surface area contributed by atoms with Gasteiger partial charge in [0.1, 0.15) is 9.84 Å². The molecular weight excluding hydrogens is 304 g/mol. The lowest BCUT2D eigenvalue weighted by Crippen LogP contribution is -2.45. The van der Waals surface area contributed by atoms with Crippen LogP contribution in [0.5, 0.6) is 0 Å². The zero-order chi connectivity index (χ0) is 14.7. The third-order valence-corrected chi connectivity index (χ3v) is 7.05. The van der Waals surface area contributed by atoms with Crippen molar-refractivity contribution in [2.75, 3.05) is 31.2 Å². The molecule has 0 bridgehead atoms. The Balaban J connectivity index is 2.82. The fraction of sp³-hybridized carbons (Fsp3) is 1.00. The van der Waals surface area contributed by atoms with Crippen LogP contribution in [0, 0.1) is 0 Å². The smallest absolute Gasteiger partial charge is 0.252 e. The van der Waals surface area contributed by atoms with Crippen molar-refractivity contribution in [3.63, 3.8) is 0 Å². The van der Waals surface area contributed by atoms with Gasteiger partial charge in [0.25, 0.3) is 6.43 Å². The summed E-state index contributed by atoms with van der Waals surface area (Å²) in [6, 6.07) is 0. The highest BCUT2D eigenvalue weighted by Gasteiger charge is 2.37. The molecule has 0 atom stereocenters. The highest BCUT2D eigenvalue weighted by Crippen LogP contribution is 2.22. The molecular formula is C9H17F2NO5S2. The molecule has 114 valence electrons. The van der Waals surface area contributed by atoms with E-state index >= 15 is 0 Å². The van der Waals surface area contributed by atoms with E-state index in [0.717, 1.165) is 0 Å². The van der Waals surface area contributed by atoms with Gasteiger partial charge in [-0.3, -0.25) is 0 Å². The predicted molar refractivity (Wildman–Crippen MR) is 65.3 cm³/mol. The highest BCUT2D eigenvalue weighted by atomic mass is 32.2. The molecule has 0 aromatic carbocycles. The zero-order valence-electron chi connectivity index (χ0n) is 10.2. The van der Waals surface area contributed by atoms with Crippen LogP contribution in [0.15, 0.2) is 0 Å². The number of aliphatic hydroxyl groups is 1. The van der Waals surface area contributed by atoms with Crippen LogP contribution in [0.25, 0.3) is 0 Å². The Morgan fingerprint density at radius 2 is 1.79 bits per heavy atom. The van der Waals surface area contributed by atoms with Gasteiger partial charge in [0.05, 0.1) is 29.9 Å². The molecule has 0 aliphatic carbocycles. The molecule has 0 amide bonds.